The van der Waals surface area contributed by atoms with E-state index in [1.54, 1.807) is 0 Å². The Bertz CT molecular complexity index is 498. The number of carbonyl (C=O) groups is 3. The van der Waals surface area contributed by atoms with Gasteiger partial charge in [-0.25, -0.2) is 0 Å². The number of hydrogen-bond acceptors (Lipinski definition) is 12. The largest absolute Gasteiger partial charge is 0.468 e. The summed E-state index contributed by atoms with van der Waals surface area (Å²) in [6.45, 7) is -1.50. The quantitative estimate of drug-likeness (QED) is 0.149. The SMILES string of the molecule is COC(=O)[C@@H](N)CSCC(=O)C(=O)NC(CO[N+](=O)[O-])CO[N+](=O)[O-]. The van der Waals surface area contributed by atoms with Gasteiger partial charge >= 0.3 is 5.97 Å². The van der Waals surface area contributed by atoms with Gasteiger partial charge in [-0.15, -0.1) is 20.2 Å². The van der Waals surface area contributed by atoms with Crippen molar-refractivity contribution in [3.05, 3.63) is 20.2 Å². The number of hydrogen-bond donors (Lipinski definition) is 2. The Morgan fingerprint density at radius 2 is 1.68 bits per heavy atom. The van der Waals surface area contributed by atoms with Crippen LogP contribution in [0.25, 0.3) is 0 Å². The van der Waals surface area contributed by atoms with E-state index < -0.39 is 53.1 Å². The summed E-state index contributed by atoms with van der Waals surface area (Å²) in [5.41, 5.74) is 5.44. The molecule has 0 aromatic rings. The van der Waals surface area contributed by atoms with Gasteiger partial charge < -0.3 is 25.5 Å². The van der Waals surface area contributed by atoms with Gasteiger partial charge in [-0.1, -0.05) is 0 Å². The standard InChI is InChI=1S/C10H16N4O10S/c1-22-10(17)7(11)4-25-5-8(15)9(16)12-6(2-23-13(18)19)3-24-14(20)21/h6-7H,2-5,11H2,1H3,(H,12,16)/t7-/m0/s1. The molecule has 0 rings (SSSR count). The van der Waals surface area contributed by atoms with Crippen LogP contribution in [0.15, 0.2) is 0 Å². The summed E-state index contributed by atoms with van der Waals surface area (Å²) < 4.78 is 4.38. The smallest absolute Gasteiger partial charge is 0.323 e. The fourth-order valence-electron chi connectivity index (χ4n) is 1.26. The van der Waals surface area contributed by atoms with Crippen LogP contribution in [0.1, 0.15) is 0 Å². The van der Waals surface area contributed by atoms with Crippen LogP contribution in [0.4, 0.5) is 0 Å². The minimum Gasteiger partial charge on any atom is -0.468 e. The van der Waals surface area contributed by atoms with E-state index >= 15 is 0 Å². The number of nitrogens with two attached hydrogens (primary N) is 1. The van der Waals surface area contributed by atoms with Gasteiger partial charge in [0.2, 0.25) is 5.78 Å². The molecule has 0 saturated heterocycles. The van der Waals surface area contributed by atoms with Crippen LogP contribution in [0.2, 0.25) is 0 Å². The first-order chi connectivity index (χ1) is 11.7. The minimum atomic E-state index is -1.30. The topological polar surface area (TPSA) is 203 Å². The molecule has 0 bridgehead atoms. The third kappa shape index (κ3) is 10.7. The highest BCUT2D eigenvalue weighted by Gasteiger charge is 2.22. The van der Waals surface area contributed by atoms with Crippen molar-refractivity contribution in [2.24, 2.45) is 5.73 Å². The van der Waals surface area contributed by atoms with E-state index in [1.807, 2.05) is 5.32 Å². The number of rotatable bonds is 13. The van der Waals surface area contributed by atoms with Crippen molar-refractivity contribution < 1.29 is 39.0 Å². The number of carbonyl (C=O) groups excluding carboxylic acids is 3. The molecule has 142 valence electrons. The Balaban J connectivity index is 4.40. The second-order valence-electron chi connectivity index (χ2n) is 4.28. The normalized spacial score (nSPS) is 11.3. The molecule has 0 saturated carbocycles. The van der Waals surface area contributed by atoms with Crippen LogP contribution in [0.5, 0.6) is 0 Å². The first kappa shape index (κ1) is 22.3. The Labute approximate surface area is 144 Å². The summed E-state index contributed by atoms with van der Waals surface area (Å²) in [6, 6.07) is -2.27. The number of ketones is 1. The molecule has 15 heteroatoms. The first-order valence-electron chi connectivity index (χ1n) is 6.46. The highest BCUT2D eigenvalue weighted by atomic mass is 32.2. The first-order valence-corrected chi connectivity index (χ1v) is 7.62. The zero-order valence-electron chi connectivity index (χ0n) is 12.9. The monoisotopic (exact) mass is 384 g/mol. The molecule has 1 amide bonds. The van der Waals surface area contributed by atoms with Crippen LogP contribution in [-0.2, 0) is 28.8 Å². The maximum absolute atomic E-state index is 11.7. The van der Waals surface area contributed by atoms with E-state index in [-0.39, 0.29) is 11.5 Å². The summed E-state index contributed by atoms with van der Waals surface area (Å²) in [7, 11) is 1.14. The molecule has 0 aromatic heterocycles. The molecule has 0 heterocycles. The van der Waals surface area contributed by atoms with Crippen molar-refractivity contribution in [1.82, 2.24) is 5.32 Å². The van der Waals surface area contributed by atoms with Gasteiger partial charge in [0, 0.05) is 5.75 Å². The molecule has 0 unspecified atom stereocenters. The lowest BCUT2D eigenvalue weighted by molar-refractivity contribution is -0.766. The predicted octanol–water partition coefficient (Wildman–Crippen LogP) is -2.31. The second kappa shape index (κ2) is 11.8. The van der Waals surface area contributed by atoms with E-state index in [0.717, 1.165) is 18.9 Å². The van der Waals surface area contributed by atoms with E-state index in [9.17, 15) is 34.6 Å². The highest BCUT2D eigenvalue weighted by Crippen LogP contribution is 2.03. The number of ether oxygens (including phenoxy) is 1. The molecule has 0 fully saturated rings. The van der Waals surface area contributed by atoms with Crippen molar-refractivity contribution in [3.63, 3.8) is 0 Å². The van der Waals surface area contributed by atoms with Gasteiger partial charge in [-0.2, -0.15) is 11.8 Å². The summed E-state index contributed by atoms with van der Waals surface area (Å²) in [6.07, 6.45) is 0. The van der Waals surface area contributed by atoms with Crippen molar-refractivity contribution in [2.45, 2.75) is 12.1 Å². The number of thioether (sulfide) groups is 1. The van der Waals surface area contributed by atoms with Gasteiger partial charge in [0.25, 0.3) is 16.1 Å². The molecule has 0 aliphatic heterocycles. The Morgan fingerprint density at radius 3 is 2.12 bits per heavy atom. The van der Waals surface area contributed by atoms with E-state index in [0.29, 0.717) is 0 Å². The van der Waals surface area contributed by atoms with Crippen LogP contribution < -0.4 is 11.1 Å². The predicted molar refractivity (Wildman–Crippen MR) is 80.1 cm³/mol. The molecule has 1 atom stereocenters. The fraction of sp³-hybridized carbons (Fsp3) is 0.700. The Hall–Kier alpha value is -2.68. The van der Waals surface area contributed by atoms with Crippen molar-refractivity contribution in [3.8, 4) is 0 Å². The highest BCUT2D eigenvalue weighted by molar-refractivity contribution is 8.00. The lowest BCUT2D eigenvalue weighted by Crippen LogP contribution is -2.46. The maximum atomic E-state index is 11.7. The maximum Gasteiger partial charge on any atom is 0.323 e. The summed E-state index contributed by atoms with van der Waals surface area (Å²) >= 11 is 0.890. The van der Waals surface area contributed by atoms with Gasteiger partial charge in [0.1, 0.15) is 19.3 Å². The number of Topliss-reactive ketones (excluding diaryl/α,β-unsaturated/α-hetero) is 1. The molecule has 3 N–H and O–H groups in total. The van der Waals surface area contributed by atoms with Gasteiger partial charge in [-0.3, -0.25) is 14.4 Å². The second-order valence-corrected chi connectivity index (χ2v) is 5.31. The van der Waals surface area contributed by atoms with Gasteiger partial charge in [0.15, 0.2) is 0 Å². The van der Waals surface area contributed by atoms with Crippen LogP contribution in [0.3, 0.4) is 0 Å². The molecule has 0 radical (unpaired) electrons. The number of esters is 1. The molecular formula is C10H16N4O10S. The fourth-order valence-corrected chi connectivity index (χ4v) is 2.09. The summed E-state index contributed by atoms with van der Waals surface area (Å²) in [5.74, 6) is -3.09. The lowest BCUT2D eigenvalue weighted by Gasteiger charge is -2.16. The number of amides is 1. The Kier molecular flexibility index (Phi) is 10.5. The van der Waals surface area contributed by atoms with Crippen LogP contribution in [-0.4, -0.2) is 71.7 Å². The van der Waals surface area contributed by atoms with E-state index in [1.165, 1.54) is 0 Å². The average molecular weight is 384 g/mol. The molecule has 0 aromatic carbocycles. The van der Waals surface area contributed by atoms with Crippen molar-refractivity contribution in [2.75, 3.05) is 31.8 Å². The van der Waals surface area contributed by atoms with Gasteiger partial charge in [0.05, 0.1) is 18.9 Å². The Morgan fingerprint density at radius 1 is 1.16 bits per heavy atom. The molecule has 0 aliphatic rings. The zero-order chi connectivity index (χ0) is 19.4. The number of methoxy groups -OCH3 is 1. The molecule has 0 spiro atoms. The molecule has 0 aliphatic carbocycles. The van der Waals surface area contributed by atoms with E-state index in [2.05, 4.69) is 14.4 Å². The molecule has 25 heavy (non-hydrogen) atoms. The third-order valence-corrected chi connectivity index (χ3v) is 3.45. The summed E-state index contributed by atoms with van der Waals surface area (Å²) in [4.78, 5) is 62.6. The third-order valence-electron chi connectivity index (χ3n) is 2.39. The number of nitrogens with one attached hydrogen (secondary N) is 1. The van der Waals surface area contributed by atoms with Gasteiger partial charge in [-0.05, 0) is 0 Å². The van der Waals surface area contributed by atoms with E-state index in [4.69, 9.17) is 5.73 Å². The van der Waals surface area contributed by atoms with Crippen molar-refractivity contribution in [1.29, 1.82) is 0 Å². The molecular weight excluding hydrogens is 368 g/mol. The van der Waals surface area contributed by atoms with Crippen LogP contribution in [0, 0.1) is 20.2 Å². The summed E-state index contributed by atoms with van der Waals surface area (Å²) in [5, 5.41) is 19.9. The number of nitrogens with zero attached hydrogens (tertiary/aromatic N) is 2. The lowest BCUT2D eigenvalue weighted by atomic mass is 10.3. The van der Waals surface area contributed by atoms with Crippen molar-refractivity contribution >= 4 is 29.4 Å². The average Bonchev–Trinajstić information content (AvgIpc) is 2.55. The minimum absolute atomic E-state index is 0.0178. The van der Waals surface area contributed by atoms with Crippen LogP contribution >= 0.6 is 11.8 Å². The molecule has 14 nitrogen and oxygen atoms in total. The zero-order valence-corrected chi connectivity index (χ0v) is 13.8.